The summed E-state index contributed by atoms with van der Waals surface area (Å²) >= 11 is 0. The molecule has 1 fully saturated rings. The summed E-state index contributed by atoms with van der Waals surface area (Å²) in [5, 5.41) is 9.47. The highest BCUT2D eigenvalue weighted by Crippen LogP contribution is 2.28. The molecule has 0 unspecified atom stereocenters. The van der Waals surface area contributed by atoms with E-state index in [1.165, 1.54) is 0 Å². The highest BCUT2D eigenvalue weighted by molar-refractivity contribution is 7.89. The Bertz CT molecular complexity index is 947. The number of amides is 1. The van der Waals surface area contributed by atoms with E-state index in [9.17, 15) is 36.0 Å². The van der Waals surface area contributed by atoms with Gasteiger partial charge in [0.15, 0.2) is 0 Å². The number of ether oxygens (including phenoxy) is 1. The largest absolute Gasteiger partial charge is 0.573 e. The summed E-state index contributed by atoms with van der Waals surface area (Å²) in [6, 6.07) is 1.79. The number of hydrogen-bond acceptors (Lipinski definition) is 6. The van der Waals surface area contributed by atoms with E-state index in [2.05, 4.69) is 4.74 Å². The second-order valence-electron chi connectivity index (χ2n) is 7.73. The molecule has 0 bridgehead atoms. The molecule has 9 nitrogen and oxygen atoms in total. The zero-order valence-corrected chi connectivity index (χ0v) is 18.4. The standard InChI is InChI=1S/C20H25F3N2O7S/c21-20(22,23)32-16-7-4-8-17(12-16)33(30,31)24-25(15(13-26)11-19(28)29)18(27)10-9-14-5-2-1-3-6-14/h4,7-8,12-15,24H,1-3,5-6,9-11H2,(H,28,29)/t15-/m0/s1. The highest BCUT2D eigenvalue weighted by Gasteiger charge is 2.33. The van der Waals surface area contributed by atoms with Gasteiger partial charge in [0.25, 0.3) is 10.0 Å². The van der Waals surface area contributed by atoms with E-state index >= 15 is 0 Å². The number of alkyl halides is 3. The molecule has 0 aromatic heterocycles. The van der Waals surface area contributed by atoms with Crippen LogP contribution in [-0.4, -0.2) is 49.1 Å². The van der Waals surface area contributed by atoms with Crippen molar-refractivity contribution in [3.63, 3.8) is 0 Å². The molecule has 184 valence electrons. The van der Waals surface area contributed by atoms with E-state index in [0.717, 1.165) is 50.3 Å². The normalized spacial score (nSPS) is 16.1. The summed E-state index contributed by atoms with van der Waals surface area (Å²) in [5.41, 5.74) is 0. The molecule has 1 amide bonds. The van der Waals surface area contributed by atoms with Crippen LogP contribution in [-0.2, 0) is 24.4 Å². The van der Waals surface area contributed by atoms with Crippen LogP contribution in [0.3, 0.4) is 0 Å². The van der Waals surface area contributed by atoms with E-state index < -0.39 is 51.4 Å². The number of hydrazine groups is 1. The second kappa shape index (κ2) is 11.5. The Morgan fingerprint density at radius 1 is 1.24 bits per heavy atom. The van der Waals surface area contributed by atoms with Crippen molar-refractivity contribution in [2.24, 2.45) is 5.92 Å². The Morgan fingerprint density at radius 3 is 2.48 bits per heavy atom. The molecule has 33 heavy (non-hydrogen) atoms. The molecular weight excluding hydrogens is 469 g/mol. The van der Waals surface area contributed by atoms with Crippen LogP contribution >= 0.6 is 0 Å². The minimum Gasteiger partial charge on any atom is -0.481 e. The third kappa shape index (κ3) is 8.65. The third-order valence-corrected chi connectivity index (χ3v) is 6.51. The average molecular weight is 494 g/mol. The topological polar surface area (TPSA) is 130 Å². The second-order valence-corrected chi connectivity index (χ2v) is 9.39. The molecule has 1 aliphatic rings. The van der Waals surface area contributed by atoms with Crippen molar-refractivity contribution in [1.29, 1.82) is 0 Å². The first kappa shape index (κ1) is 26.6. The minimum atomic E-state index is -5.05. The van der Waals surface area contributed by atoms with Crippen LogP contribution in [0.15, 0.2) is 29.2 Å². The number of nitrogens with one attached hydrogen (secondary N) is 1. The molecule has 0 saturated heterocycles. The molecule has 2 rings (SSSR count). The van der Waals surface area contributed by atoms with Gasteiger partial charge in [-0.3, -0.25) is 14.6 Å². The lowest BCUT2D eigenvalue weighted by Gasteiger charge is -2.29. The molecule has 0 radical (unpaired) electrons. The van der Waals surface area contributed by atoms with Crippen LogP contribution in [0.1, 0.15) is 51.4 Å². The number of carboxylic acids is 1. The first-order chi connectivity index (χ1) is 15.4. The summed E-state index contributed by atoms with van der Waals surface area (Å²) in [6.45, 7) is 0. The van der Waals surface area contributed by atoms with Crippen molar-refractivity contribution >= 4 is 28.2 Å². The number of carboxylic acid groups (broad SMARTS) is 1. The Morgan fingerprint density at radius 2 is 1.91 bits per heavy atom. The summed E-state index contributed by atoms with van der Waals surface area (Å²) in [6.07, 6.45) is -0.534. The van der Waals surface area contributed by atoms with Gasteiger partial charge in [0, 0.05) is 12.5 Å². The predicted molar refractivity (Wildman–Crippen MR) is 108 cm³/mol. The average Bonchev–Trinajstić information content (AvgIpc) is 2.74. The highest BCUT2D eigenvalue weighted by atomic mass is 32.2. The van der Waals surface area contributed by atoms with E-state index in [1.54, 1.807) is 0 Å². The fourth-order valence-corrected chi connectivity index (χ4v) is 4.76. The number of aldehydes is 1. The van der Waals surface area contributed by atoms with Crippen molar-refractivity contribution in [2.45, 2.75) is 68.7 Å². The van der Waals surface area contributed by atoms with Gasteiger partial charge in [-0.15, -0.1) is 18.0 Å². The van der Waals surface area contributed by atoms with Crippen LogP contribution in [0, 0.1) is 5.92 Å². The summed E-state index contributed by atoms with van der Waals surface area (Å²) in [7, 11) is -4.66. The maximum atomic E-state index is 12.8. The molecule has 13 heteroatoms. The number of benzene rings is 1. The predicted octanol–water partition coefficient (Wildman–Crippen LogP) is 3.01. The van der Waals surface area contributed by atoms with Gasteiger partial charge >= 0.3 is 12.3 Å². The van der Waals surface area contributed by atoms with E-state index in [-0.39, 0.29) is 18.6 Å². The van der Waals surface area contributed by atoms with Crippen LogP contribution < -0.4 is 9.57 Å². The SMILES string of the molecule is O=C[C@H](CC(=O)O)N(NS(=O)(=O)c1cccc(OC(F)(F)F)c1)C(=O)CCC1CCCCC1. The quantitative estimate of drug-likeness (QED) is 0.357. The van der Waals surface area contributed by atoms with E-state index in [1.807, 2.05) is 4.83 Å². The van der Waals surface area contributed by atoms with Crippen molar-refractivity contribution in [3.8, 4) is 5.75 Å². The first-order valence-corrected chi connectivity index (χ1v) is 11.8. The summed E-state index contributed by atoms with van der Waals surface area (Å²) in [5.74, 6) is -2.81. The molecular formula is C20H25F3N2O7S. The number of aliphatic carboxylic acids is 1. The lowest BCUT2D eigenvalue weighted by molar-refractivity contribution is -0.274. The smallest absolute Gasteiger partial charge is 0.481 e. The minimum absolute atomic E-state index is 0.123. The van der Waals surface area contributed by atoms with Crippen molar-refractivity contribution < 1.29 is 45.8 Å². The Balaban J connectivity index is 2.24. The molecule has 0 heterocycles. The molecule has 1 atom stereocenters. The molecule has 1 aliphatic carbocycles. The van der Waals surface area contributed by atoms with Crippen molar-refractivity contribution in [1.82, 2.24) is 9.84 Å². The van der Waals surface area contributed by atoms with Crippen LogP contribution in [0.2, 0.25) is 0 Å². The Kier molecular flexibility index (Phi) is 9.23. The van der Waals surface area contributed by atoms with Gasteiger partial charge < -0.3 is 14.6 Å². The molecule has 1 aromatic carbocycles. The lowest BCUT2D eigenvalue weighted by atomic mass is 9.86. The van der Waals surface area contributed by atoms with Crippen LogP contribution in [0.4, 0.5) is 13.2 Å². The third-order valence-electron chi connectivity index (χ3n) is 5.20. The van der Waals surface area contributed by atoms with Crippen molar-refractivity contribution in [2.75, 3.05) is 0 Å². The van der Waals surface area contributed by atoms with Crippen LogP contribution in [0.25, 0.3) is 0 Å². The number of halogens is 3. The molecule has 2 N–H and O–H groups in total. The van der Waals surface area contributed by atoms with E-state index in [4.69, 9.17) is 5.11 Å². The van der Waals surface area contributed by atoms with Gasteiger partial charge in [0.05, 0.1) is 11.3 Å². The number of sulfonamides is 1. The van der Waals surface area contributed by atoms with Gasteiger partial charge in [0.1, 0.15) is 18.1 Å². The van der Waals surface area contributed by atoms with Gasteiger partial charge in [-0.25, -0.2) is 8.42 Å². The van der Waals surface area contributed by atoms with Gasteiger partial charge in [-0.05, 0) is 24.5 Å². The number of hydrogen-bond donors (Lipinski definition) is 2. The molecule has 0 aliphatic heterocycles. The Labute approximate surface area is 188 Å². The number of nitrogens with zero attached hydrogens (tertiary/aromatic N) is 1. The summed E-state index contributed by atoms with van der Waals surface area (Å²) < 4.78 is 66.6. The molecule has 0 spiro atoms. The van der Waals surface area contributed by atoms with E-state index in [0.29, 0.717) is 17.5 Å². The number of rotatable bonds is 11. The maximum Gasteiger partial charge on any atom is 0.573 e. The lowest BCUT2D eigenvalue weighted by Crippen LogP contribution is -2.53. The monoisotopic (exact) mass is 494 g/mol. The van der Waals surface area contributed by atoms with Crippen LogP contribution in [0.5, 0.6) is 5.75 Å². The number of carbonyl (C=O) groups is 3. The summed E-state index contributed by atoms with van der Waals surface area (Å²) in [4.78, 5) is 36.6. The molecule has 1 saturated carbocycles. The van der Waals surface area contributed by atoms with Gasteiger partial charge in [0.2, 0.25) is 5.91 Å². The maximum absolute atomic E-state index is 12.8. The Hall–Kier alpha value is -2.67. The fraction of sp³-hybridized carbons (Fsp3) is 0.550. The van der Waals surface area contributed by atoms with Crippen molar-refractivity contribution in [3.05, 3.63) is 24.3 Å². The first-order valence-electron chi connectivity index (χ1n) is 10.3. The van der Waals surface area contributed by atoms with Gasteiger partial charge in [-0.2, -0.15) is 0 Å². The number of carbonyl (C=O) groups excluding carboxylic acids is 2. The zero-order chi connectivity index (χ0) is 24.6. The fourth-order valence-electron chi connectivity index (χ4n) is 3.63. The molecule has 1 aromatic rings. The zero-order valence-electron chi connectivity index (χ0n) is 17.6. The van der Waals surface area contributed by atoms with Gasteiger partial charge in [-0.1, -0.05) is 38.2 Å².